The van der Waals surface area contributed by atoms with Crippen molar-refractivity contribution in [3.8, 4) is 0 Å². The van der Waals surface area contributed by atoms with Crippen LogP contribution in [0.1, 0.15) is 36.5 Å². The zero-order valence-electron chi connectivity index (χ0n) is 8.81. The molecule has 0 radical (unpaired) electrons. The number of benzene rings is 1. The van der Waals surface area contributed by atoms with E-state index in [-0.39, 0.29) is 11.5 Å². The van der Waals surface area contributed by atoms with Gasteiger partial charge in [-0.2, -0.15) is 0 Å². The minimum atomic E-state index is -0.188. The summed E-state index contributed by atoms with van der Waals surface area (Å²) in [6, 6.07) is 8.88. The minimum Gasteiger partial charge on any atom is -0.411 e. The Balaban J connectivity index is 2.75. The van der Waals surface area contributed by atoms with Crippen LogP contribution in [0.15, 0.2) is 35.5 Å². The van der Waals surface area contributed by atoms with E-state index in [1.807, 2.05) is 13.0 Å². The Hall–Kier alpha value is -1.64. The average Bonchev–Trinajstić information content (AvgIpc) is 2.31. The van der Waals surface area contributed by atoms with Crippen molar-refractivity contribution in [3.05, 3.63) is 35.9 Å². The highest BCUT2D eigenvalue weighted by Crippen LogP contribution is 2.06. The lowest BCUT2D eigenvalue weighted by Crippen LogP contribution is -2.14. The molecule has 3 nitrogen and oxygen atoms in total. The van der Waals surface area contributed by atoms with Crippen molar-refractivity contribution in [1.82, 2.24) is 0 Å². The van der Waals surface area contributed by atoms with Gasteiger partial charge in [0.05, 0.1) is 0 Å². The molecule has 0 saturated carbocycles. The van der Waals surface area contributed by atoms with E-state index in [1.54, 1.807) is 24.3 Å². The molecule has 1 aromatic rings. The predicted molar refractivity (Wildman–Crippen MR) is 59.5 cm³/mol. The third kappa shape index (κ3) is 3.20. The lowest BCUT2D eigenvalue weighted by atomic mass is 10.0. The molecule has 0 unspecified atom stereocenters. The Kier molecular flexibility index (Phi) is 4.54. The van der Waals surface area contributed by atoms with Gasteiger partial charge >= 0.3 is 0 Å². The van der Waals surface area contributed by atoms with Crippen LogP contribution < -0.4 is 0 Å². The van der Waals surface area contributed by atoms with Crippen molar-refractivity contribution in [2.75, 3.05) is 0 Å². The summed E-state index contributed by atoms with van der Waals surface area (Å²) in [7, 11) is 0. The Bertz CT molecular complexity index is 344. The molecule has 80 valence electrons. The van der Waals surface area contributed by atoms with E-state index in [4.69, 9.17) is 5.21 Å². The second-order valence-electron chi connectivity index (χ2n) is 3.35. The zero-order chi connectivity index (χ0) is 11.1. The van der Waals surface area contributed by atoms with Crippen LogP contribution in [0.2, 0.25) is 0 Å². The van der Waals surface area contributed by atoms with Crippen molar-refractivity contribution in [3.63, 3.8) is 0 Å². The van der Waals surface area contributed by atoms with Gasteiger partial charge in [0.15, 0.2) is 0 Å². The third-order valence-electron chi connectivity index (χ3n) is 2.19. The fourth-order valence-corrected chi connectivity index (χ4v) is 1.31. The van der Waals surface area contributed by atoms with Crippen LogP contribution in [-0.4, -0.2) is 16.7 Å². The molecule has 0 atom stereocenters. The molecule has 0 aliphatic carbocycles. The molecule has 0 aliphatic rings. The van der Waals surface area contributed by atoms with Gasteiger partial charge in [-0.1, -0.05) is 48.8 Å². The highest BCUT2D eigenvalue weighted by atomic mass is 16.4. The highest BCUT2D eigenvalue weighted by Gasteiger charge is 2.13. The summed E-state index contributed by atoms with van der Waals surface area (Å²) < 4.78 is 0. The Morgan fingerprint density at radius 3 is 2.53 bits per heavy atom. The Morgan fingerprint density at radius 1 is 1.33 bits per heavy atom. The molecule has 0 bridgehead atoms. The van der Waals surface area contributed by atoms with Crippen molar-refractivity contribution >= 4 is 11.5 Å². The topological polar surface area (TPSA) is 49.7 Å². The van der Waals surface area contributed by atoms with Crippen LogP contribution in [0.5, 0.6) is 0 Å². The van der Waals surface area contributed by atoms with Gasteiger partial charge in [-0.05, 0) is 12.8 Å². The smallest absolute Gasteiger partial charge is 0.210 e. The third-order valence-corrected chi connectivity index (χ3v) is 2.19. The van der Waals surface area contributed by atoms with Gasteiger partial charge in [0.25, 0.3) is 0 Å². The highest BCUT2D eigenvalue weighted by molar-refractivity contribution is 6.45. The molecule has 0 saturated heterocycles. The van der Waals surface area contributed by atoms with E-state index in [2.05, 4.69) is 5.16 Å². The number of oxime groups is 1. The lowest BCUT2D eigenvalue weighted by Gasteiger charge is -2.02. The van der Waals surface area contributed by atoms with Crippen molar-refractivity contribution in [2.24, 2.45) is 5.16 Å². The molecule has 0 spiro atoms. The summed E-state index contributed by atoms with van der Waals surface area (Å²) in [5.74, 6) is -0.188. The summed E-state index contributed by atoms with van der Waals surface area (Å²) in [6.07, 6.45) is 2.36. The molecule has 0 fully saturated rings. The summed E-state index contributed by atoms with van der Waals surface area (Å²) in [6.45, 7) is 2.03. The number of carbonyl (C=O) groups is 1. The first-order chi connectivity index (χ1) is 7.29. The standard InChI is InChI=1S/C12H15NO2/c1-2-3-9-11(13-15)12(14)10-7-5-4-6-8-10/h4-8,15H,2-3,9H2,1H3. The summed E-state index contributed by atoms with van der Waals surface area (Å²) in [5.41, 5.74) is 0.810. The van der Waals surface area contributed by atoms with Crippen LogP contribution in [-0.2, 0) is 0 Å². The first-order valence-electron chi connectivity index (χ1n) is 5.10. The molecular formula is C12H15NO2. The first kappa shape index (κ1) is 11.4. The number of unbranched alkanes of at least 4 members (excludes halogenated alkanes) is 1. The fourth-order valence-electron chi connectivity index (χ4n) is 1.31. The summed E-state index contributed by atoms with van der Waals surface area (Å²) in [5, 5.41) is 11.8. The van der Waals surface area contributed by atoms with Crippen molar-refractivity contribution in [1.29, 1.82) is 0 Å². The number of rotatable bonds is 5. The van der Waals surface area contributed by atoms with Crippen LogP contribution in [0, 0.1) is 0 Å². The number of Topliss-reactive ketones (excluding diaryl/α,β-unsaturated/α-hetero) is 1. The first-order valence-corrected chi connectivity index (χ1v) is 5.10. The largest absolute Gasteiger partial charge is 0.411 e. The van der Waals surface area contributed by atoms with Crippen molar-refractivity contribution in [2.45, 2.75) is 26.2 Å². The van der Waals surface area contributed by atoms with E-state index >= 15 is 0 Å². The second kappa shape index (κ2) is 5.96. The number of carbonyl (C=O) groups excluding carboxylic acids is 1. The zero-order valence-corrected chi connectivity index (χ0v) is 8.81. The van der Waals surface area contributed by atoms with Gasteiger partial charge < -0.3 is 5.21 Å². The summed E-state index contributed by atoms with van der Waals surface area (Å²) >= 11 is 0. The van der Waals surface area contributed by atoms with Crippen molar-refractivity contribution < 1.29 is 10.0 Å². The molecule has 1 N–H and O–H groups in total. The molecule has 1 aromatic carbocycles. The predicted octanol–water partition coefficient (Wildman–Crippen LogP) is 2.89. The maximum atomic E-state index is 11.8. The van der Waals surface area contributed by atoms with Crippen LogP contribution in [0.3, 0.4) is 0 Å². The lowest BCUT2D eigenvalue weighted by molar-refractivity contribution is 0.105. The maximum absolute atomic E-state index is 11.8. The number of hydrogen-bond acceptors (Lipinski definition) is 3. The Morgan fingerprint density at radius 2 is 2.00 bits per heavy atom. The van der Waals surface area contributed by atoms with Gasteiger partial charge in [-0.25, -0.2) is 0 Å². The van der Waals surface area contributed by atoms with Crippen LogP contribution >= 0.6 is 0 Å². The SMILES string of the molecule is CCCCC(=NO)C(=O)c1ccccc1. The summed E-state index contributed by atoms with van der Waals surface area (Å²) in [4.78, 5) is 11.8. The molecule has 0 amide bonds. The quantitative estimate of drug-likeness (QED) is 0.348. The van der Waals surface area contributed by atoms with Gasteiger partial charge in [-0.3, -0.25) is 4.79 Å². The van der Waals surface area contributed by atoms with Gasteiger partial charge in [-0.15, -0.1) is 0 Å². The molecule has 15 heavy (non-hydrogen) atoms. The van der Waals surface area contributed by atoms with Gasteiger partial charge in [0, 0.05) is 5.56 Å². The fraction of sp³-hybridized carbons (Fsp3) is 0.333. The van der Waals surface area contributed by atoms with Gasteiger partial charge in [0.2, 0.25) is 5.78 Å². The molecule has 0 aromatic heterocycles. The van der Waals surface area contributed by atoms with E-state index in [0.29, 0.717) is 12.0 Å². The van der Waals surface area contributed by atoms with Crippen LogP contribution in [0.25, 0.3) is 0 Å². The average molecular weight is 205 g/mol. The molecule has 1 rings (SSSR count). The normalized spacial score (nSPS) is 11.4. The van der Waals surface area contributed by atoms with Gasteiger partial charge in [0.1, 0.15) is 5.71 Å². The molecule has 0 heterocycles. The molecule has 3 heteroatoms. The number of nitrogens with zero attached hydrogens (tertiary/aromatic N) is 1. The van der Waals surface area contributed by atoms with Crippen LogP contribution in [0.4, 0.5) is 0 Å². The maximum Gasteiger partial charge on any atom is 0.210 e. The Labute approximate surface area is 89.4 Å². The van der Waals surface area contributed by atoms with E-state index in [9.17, 15) is 4.79 Å². The monoisotopic (exact) mass is 205 g/mol. The molecule has 0 aliphatic heterocycles. The second-order valence-corrected chi connectivity index (χ2v) is 3.35. The number of hydrogen-bond donors (Lipinski definition) is 1. The number of ketones is 1. The van der Waals surface area contributed by atoms with E-state index < -0.39 is 0 Å². The van der Waals surface area contributed by atoms with E-state index in [1.165, 1.54) is 0 Å². The molecular weight excluding hydrogens is 190 g/mol. The van der Waals surface area contributed by atoms with E-state index in [0.717, 1.165) is 12.8 Å². The minimum absolute atomic E-state index is 0.188.